The molecule has 1 spiro atoms. The molecule has 1 unspecified atom stereocenters. The number of anilines is 3. The van der Waals surface area contributed by atoms with E-state index >= 15 is 0 Å². The Morgan fingerprint density at radius 1 is 0.365 bits per heavy atom. The average Bonchev–Trinajstić information content (AvgIpc) is 4.06. The SMILES string of the molecule is c1ccc(C2c3ccccc3-c3ccc(-c4ccc(N(c5ccc(-c6ccc7c(c6)C6(CCCC6)c6ccccc6-7)cc5)c5cc6ccccc6c6ccccc56)cc4)cc32)cc1. The van der Waals surface area contributed by atoms with E-state index in [-0.39, 0.29) is 11.3 Å². The van der Waals surface area contributed by atoms with Crippen LogP contribution in [0, 0.1) is 0 Å². The van der Waals surface area contributed by atoms with Crippen molar-refractivity contribution in [3.8, 4) is 44.5 Å². The number of hydrogen-bond acceptors (Lipinski definition) is 1. The Kier molecular flexibility index (Phi) is 8.21. The van der Waals surface area contributed by atoms with Crippen molar-refractivity contribution >= 4 is 38.6 Å². The highest BCUT2D eigenvalue weighted by atomic mass is 15.1. The number of fused-ring (bicyclic) bond motifs is 11. The lowest BCUT2D eigenvalue weighted by Gasteiger charge is -2.28. The number of hydrogen-bond donors (Lipinski definition) is 0. The molecule has 10 aromatic rings. The minimum Gasteiger partial charge on any atom is -0.310 e. The van der Waals surface area contributed by atoms with Gasteiger partial charge in [0.15, 0.2) is 0 Å². The van der Waals surface area contributed by atoms with Gasteiger partial charge in [0.25, 0.3) is 0 Å². The van der Waals surface area contributed by atoms with Crippen molar-refractivity contribution in [2.45, 2.75) is 37.0 Å². The van der Waals surface area contributed by atoms with Crippen LogP contribution in [0.4, 0.5) is 17.1 Å². The van der Waals surface area contributed by atoms with Crippen LogP contribution in [0.3, 0.4) is 0 Å². The molecule has 13 rings (SSSR count). The summed E-state index contributed by atoms with van der Waals surface area (Å²) >= 11 is 0. The van der Waals surface area contributed by atoms with Gasteiger partial charge in [0.1, 0.15) is 0 Å². The van der Waals surface area contributed by atoms with Crippen LogP contribution in [0.25, 0.3) is 66.1 Å². The fourth-order valence-corrected chi connectivity index (χ4v) is 11.8. The molecule has 10 aromatic carbocycles. The van der Waals surface area contributed by atoms with Gasteiger partial charge in [-0.15, -0.1) is 0 Å². The van der Waals surface area contributed by atoms with Crippen LogP contribution in [-0.4, -0.2) is 0 Å². The summed E-state index contributed by atoms with van der Waals surface area (Å²) in [6, 6.07) is 81.9. The first kappa shape index (κ1) is 36.2. The van der Waals surface area contributed by atoms with Gasteiger partial charge in [0.2, 0.25) is 0 Å². The minimum absolute atomic E-state index is 0.149. The molecule has 0 N–H and O–H groups in total. The highest BCUT2D eigenvalue weighted by Crippen LogP contribution is 2.57. The predicted octanol–water partition coefficient (Wildman–Crippen LogP) is 16.8. The van der Waals surface area contributed by atoms with Crippen LogP contribution in [0.2, 0.25) is 0 Å². The first-order chi connectivity index (χ1) is 31.2. The molecule has 0 amide bonds. The van der Waals surface area contributed by atoms with Gasteiger partial charge in [0.05, 0.1) is 5.69 Å². The van der Waals surface area contributed by atoms with Crippen molar-refractivity contribution in [1.82, 2.24) is 0 Å². The maximum absolute atomic E-state index is 2.52. The molecule has 0 heterocycles. The van der Waals surface area contributed by atoms with E-state index in [1.54, 1.807) is 0 Å². The maximum atomic E-state index is 2.52. The molecule has 1 nitrogen and oxygen atoms in total. The lowest BCUT2D eigenvalue weighted by molar-refractivity contribution is 0.550. The maximum Gasteiger partial charge on any atom is 0.0546 e. The van der Waals surface area contributed by atoms with E-state index in [0.29, 0.717) is 0 Å². The first-order valence-corrected chi connectivity index (χ1v) is 22.7. The van der Waals surface area contributed by atoms with E-state index in [1.807, 2.05) is 0 Å². The van der Waals surface area contributed by atoms with Crippen LogP contribution < -0.4 is 4.90 Å². The van der Waals surface area contributed by atoms with Crippen molar-refractivity contribution in [2.75, 3.05) is 4.90 Å². The number of benzene rings is 10. The summed E-state index contributed by atoms with van der Waals surface area (Å²) in [5, 5.41) is 5.00. The predicted molar refractivity (Wildman–Crippen MR) is 265 cm³/mol. The molecule has 63 heavy (non-hydrogen) atoms. The quantitative estimate of drug-likeness (QED) is 0.151. The van der Waals surface area contributed by atoms with Crippen LogP contribution in [-0.2, 0) is 5.41 Å². The van der Waals surface area contributed by atoms with E-state index in [0.717, 1.165) is 11.4 Å². The van der Waals surface area contributed by atoms with Gasteiger partial charge >= 0.3 is 0 Å². The van der Waals surface area contributed by atoms with E-state index in [1.165, 1.54) is 125 Å². The van der Waals surface area contributed by atoms with E-state index in [2.05, 4.69) is 223 Å². The van der Waals surface area contributed by atoms with Crippen molar-refractivity contribution < 1.29 is 0 Å². The van der Waals surface area contributed by atoms with Crippen LogP contribution >= 0.6 is 0 Å². The smallest absolute Gasteiger partial charge is 0.0546 e. The summed E-state index contributed by atoms with van der Waals surface area (Å²) in [6.45, 7) is 0. The van der Waals surface area contributed by atoms with Gasteiger partial charge in [-0.3, -0.25) is 0 Å². The van der Waals surface area contributed by atoms with E-state index in [9.17, 15) is 0 Å². The molecule has 0 aromatic heterocycles. The largest absolute Gasteiger partial charge is 0.310 e. The van der Waals surface area contributed by atoms with Crippen molar-refractivity contribution in [3.63, 3.8) is 0 Å². The molecule has 1 heteroatoms. The molecule has 1 saturated carbocycles. The second-order valence-electron chi connectivity index (χ2n) is 17.9. The molecule has 0 radical (unpaired) electrons. The van der Waals surface area contributed by atoms with Crippen LogP contribution in [0.1, 0.15) is 59.4 Å². The summed E-state index contributed by atoms with van der Waals surface area (Å²) in [7, 11) is 0. The van der Waals surface area contributed by atoms with Crippen molar-refractivity contribution in [3.05, 3.63) is 246 Å². The molecule has 0 bridgehead atoms. The summed E-state index contributed by atoms with van der Waals surface area (Å²) in [4.78, 5) is 2.46. The first-order valence-electron chi connectivity index (χ1n) is 22.7. The standard InChI is InChI=1S/C62H45N/c1-2-14-43(15-3-1)61-56-22-9-7-19-51(56)52-34-28-44(38-57(52)61)41-24-30-47(31-25-41)63(60-40-46-16-4-5-17-49(46)50-18-6-8-21-55(50)60)48-32-26-42(27-33-48)45-29-35-54-53-20-10-11-23-58(53)62(59(54)39-45)36-12-13-37-62/h1-11,14-35,38-40,61H,12-13,36-37H2. The monoisotopic (exact) mass is 803 g/mol. The Hall–Kier alpha value is -7.48. The number of rotatable bonds is 6. The average molecular weight is 804 g/mol. The minimum atomic E-state index is 0.149. The van der Waals surface area contributed by atoms with Gasteiger partial charge in [-0.05, 0) is 144 Å². The Morgan fingerprint density at radius 2 is 0.905 bits per heavy atom. The third-order valence-electron chi connectivity index (χ3n) is 14.7. The molecule has 1 fully saturated rings. The lowest BCUT2D eigenvalue weighted by Crippen LogP contribution is -2.20. The van der Waals surface area contributed by atoms with Crippen molar-refractivity contribution in [1.29, 1.82) is 0 Å². The topological polar surface area (TPSA) is 3.24 Å². The zero-order valence-corrected chi connectivity index (χ0v) is 35.1. The van der Waals surface area contributed by atoms with Crippen LogP contribution in [0.5, 0.6) is 0 Å². The molecule has 1 atom stereocenters. The molecular formula is C62H45N. The third-order valence-corrected chi connectivity index (χ3v) is 14.7. The Morgan fingerprint density at radius 3 is 1.65 bits per heavy atom. The van der Waals surface area contributed by atoms with Crippen molar-refractivity contribution in [2.24, 2.45) is 0 Å². The number of nitrogens with zero attached hydrogens (tertiary/aromatic N) is 1. The highest BCUT2D eigenvalue weighted by Gasteiger charge is 2.45. The molecular weight excluding hydrogens is 759 g/mol. The van der Waals surface area contributed by atoms with E-state index in [4.69, 9.17) is 0 Å². The molecule has 0 saturated heterocycles. The summed E-state index contributed by atoms with van der Waals surface area (Å²) < 4.78 is 0. The van der Waals surface area contributed by atoms with Crippen LogP contribution in [0.15, 0.2) is 218 Å². The second-order valence-corrected chi connectivity index (χ2v) is 17.9. The van der Waals surface area contributed by atoms with Gasteiger partial charge < -0.3 is 4.90 Å². The fraction of sp³-hybridized carbons (Fsp3) is 0.0968. The summed E-state index contributed by atoms with van der Waals surface area (Å²) in [6.07, 6.45) is 5.07. The van der Waals surface area contributed by atoms with Gasteiger partial charge in [-0.1, -0.05) is 189 Å². The fourth-order valence-electron chi connectivity index (χ4n) is 11.8. The Balaban J connectivity index is 0.911. The molecule has 3 aliphatic rings. The summed E-state index contributed by atoms with van der Waals surface area (Å²) in [5.74, 6) is 0.216. The summed E-state index contributed by atoms with van der Waals surface area (Å²) in [5.41, 5.74) is 21.2. The van der Waals surface area contributed by atoms with Gasteiger partial charge in [-0.25, -0.2) is 0 Å². The normalized spacial score (nSPS) is 15.3. The Labute approximate surface area is 369 Å². The molecule has 3 aliphatic carbocycles. The highest BCUT2D eigenvalue weighted by molar-refractivity contribution is 6.14. The molecule has 0 aliphatic heterocycles. The Bertz CT molecular complexity index is 3390. The van der Waals surface area contributed by atoms with Gasteiger partial charge in [-0.2, -0.15) is 0 Å². The van der Waals surface area contributed by atoms with E-state index < -0.39 is 0 Å². The van der Waals surface area contributed by atoms with Gasteiger partial charge in [0, 0.05) is 28.1 Å². The second kappa shape index (κ2) is 14.3. The lowest BCUT2D eigenvalue weighted by atomic mass is 9.76. The molecule has 298 valence electrons. The zero-order chi connectivity index (χ0) is 41.5. The zero-order valence-electron chi connectivity index (χ0n) is 35.1. The third kappa shape index (κ3) is 5.62.